The second-order valence-electron chi connectivity index (χ2n) is 4.55. The highest BCUT2D eigenvalue weighted by Gasteiger charge is 2.41. The van der Waals surface area contributed by atoms with E-state index < -0.39 is 5.60 Å². The van der Waals surface area contributed by atoms with Gasteiger partial charge in [0, 0.05) is 16.5 Å². The number of hydrogen-bond donors (Lipinski definition) is 0. The Morgan fingerprint density at radius 3 is 2.38 bits per heavy atom. The summed E-state index contributed by atoms with van der Waals surface area (Å²) in [5.74, 6) is -0.366. The Balaban J connectivity index is 0.00000106. The molecule has 1 atom stereocenters. The molecule has 0 N–H and O–H groups in total. The van der Waals surface area contributed by atoms with E-state index in [0.717, 1.165) is 11.1 Å². The third-order valence-corrected chi connectivity index (χ3v) is 3.37. The Morgan fingerprint density at radius 1 is 1.29 bits per heavy atom. The van der Waals surface area contributed by atoms with Crippen molar-refractivity contribution in [2.45, 2.75) is 39.7 Å². The molecule has 0 bridgehead atoms. The monoisotopic (exact) mass is 330 g/mol. The van der Waals surface area contributed by atoms with Crippen LogP contribution < -0.4 is 0 Å². The van der Waals surface area contributed by atoms with E-state index in [-0.39, 0.29) is 5.97 Å². The predicted molar refractivity (Wildman–Crippen MR) is 86.5 cm³/mol. The lowest BCUT2D eigenvalue weighted by atomic mass is 9.95. The highest BCUT2D eigenvalue weighted by Crippen LogP contribution is 2.37. The maximum atomic E-state index is 11.8. The van der Waals surface area contributed by atoms with Crippen molar-refractivity contribution in [1.29, 1.82) is 0 Å². The maximum absolute atomic E-state index is 11.8. The first-order chi connectivity index (χ1) is 9.94. The van der Waals surface area contributed by atoms with Crippen LogP contribution in [0.4, 0.5) is 0 Å². The first-order valence-electron chi connectivity index (χ1n) is 6.95. The minimum atomic E-state index is -0.972. The Hall–Kier alpha value is -1.19. The van der Waals surface area contributed by atoms with E-state index in [9.17, 15) is 4.79 Å². The maximum Gasteiger partial charge on any atom is 0.350 e. The van der Waals surface area contributed by atoms with Gasteiger partial charge in [-0.05, 0) is 43.2 Å². The van der Waals surface area contributed by atoms with Gasteiger partial charge in [0.2, 0.25) is 5.60 Å². The molecule has 1 heterocycles. The Labute approximate surface area is 135 Å². The molecule has 5 heteroatoms. The summed E-state index contributed by atoms with van der Waals surface area (Å²) in [6, 6.07) is 5.24. The van der Waals surface area contributed by atoms with E-state index in [0.29, 0.717) is 23.1 Å². The number of benzene rings is 1. The van der Waals surface area contributed by atoms with Gasteiger partial charge in [-0.15, -0.1) is 0 Å². The smallest absolute Gasteiger partial charge is 0.350 e. The van der Waals surface area contributed by atoms with Gasteiger partial charge in [-0.25, -0.2) is 4.79 Å². The molecule has 0 radical (unpaired) electrons. The van der Waals surface area contributed by atoms with Crippen molar-refractivity contribution >= 4 is 34.7 Å². The van der Waals surface area contributed by atoms with E-state index in [1.54, 1.807) is 38.3 Å². The average molecular weight is 331 g/mol. The van der Waals surface area contributed by atoms with Crippen LogP contribution in [0.1, 0.15) is 39.7 Å². The minimum Gasteiger partial charge on any atom is -0.483 e. The van der Waals surface area contributed by atoms with Crippen LogP contribution in [-0.2, 0) is 14.3 Å². The fraction of sp³-hybridized carbons (Fsp3) is 0.438. The van der Waals surface area contributed by atoms with Crippen LogP contribution in [0.5, 0.6) is 0 Å². The number of esters is 1. The van der Waals surface area contributed by atoms with E-state index in [4.69, 9.17) is 32.7 Å². The van der Waals surface area contributed by atoms with E-state index >= 15 is 0 Å². The molecule has 3 nitrogen and oxygen atoms in total. The zero-order chi connectivity index (χ0) is 16.0. The van der Waals surface area contributed by atoms with Crippen molar-refractivity contribution in [3.8, 4) is 0 Å². The van der Waals surface area contributed by atoms with Crippen LogP contribution in [0.2, 0.25) is 10.0 Å². The molecular formula is C16H20Cl2O3. The first-order valence-corrected chi connectivity index (χ1v) is 7.71. The lowest BCUT2D eigenvalue weighted by Gasteiger charge is -2.21. The van der Waals surface area contributed by atoms with Crippen molar-refractivity contribution in [3.63, 3.8) is 0 Å². The fourth-order valence-corrected chi connectivity index (χ4v) is 2.49. The van der Waals surface area contributed by atoms with E-state index in [2.05, 4.69) is 0 Å². The molecule has 0 spiro atoms. The van der Waals surface area contributed by atoms with Gasteiger partial charge in [-0.1, -0.05) is 37.0 Å². The number of carbonyl (C=O) groups excluding carboxylic acids is 1. The molecular weight excluding hydrogens is 311 g/mol. The highest BCUT2D eigenvalue weighted by molar-refractivity contribution is 6.34. The molecule has 0 saturated carbocycles. The van der Waals surface area contributed by atoms with Gasteiger partial charge in [0.05, 0.1) is 12.9 Å². The summed E-state index contributed by atoms with van der Waals surface area (Å²) in [6.07, 6.45) is 2.00. The van der Waals surface area contributed by atoms with Gasteiger partial charge in [-0.3, -0.25) is 0 Å². The second-order valence-corrected chi connectivity index (χ2v) is 5.42. The van der Waals surface area contributed by atoms with Gasteiger partial charge < -0.3 is 9.47 Å². The number of rotatable bonds is 3. The third kappa shape index (κ3) is 4.39. The molecule has 0 fully saturated rings. The van der Waals surface area contributed by atoms with E-state index in [1.807, 2.05) is 13.8 Å². The quantitative estimate of drug-likeness (QED) is 0.723. The lowest BCUT2D eigenvalue weighted by molar-refractivity contribution is -0.161. The minimum absolute atomic E-state index is 0.329. The number of halogens is 2. The zero-order valence-corrected chi connectivity index (χ0v) is 14.2. The standard InChI is InChI=1S/C14H14Cl2O3.C2H6/c1-3-18-13(17)14(2)7-10(8-19-14)9-4-11(15)6-12(16)5-9;1-2/h4-6,8H,3,7H2,1-2H3;1-2H3. The van der Waals surface area contributed by atoms with Crippen LogP contribution in [0.15, 0.2) is 24.5 Å². The lowest BCUT2D eigenvalue weighted by Crippen LogP contribution is -2.36. The topological polar surface area (TPSA) is 35.5 Å². The van der Waals surface area contributed by atoms with Crippen LogP contribution >= 0.6 is 23.2 Å². The average Bonchev–Trinajstić information content (AvgIpc) is 2.84. The van der Waals surface area contributed by atoms with Gasteiger partial charge in [0.1, 0.15) is 0 Å². The van der Waals surface area contributed by atoms with Crippen LogP contribution in [-0.4, -0.2) is 18.2 Å². The second kappa shape index (κ2) is 7.71. The van der Waals surface area contributed by atoms with Crippen molar-refractivity contribution < 1.29 is 14.3 Å². The number of ether oxygens (including phenoxy) is 2. The van der Waals surface area contributed by atoms with E-state index in [1.165, 1.54) is 0 Å². The van der Waals surface area contributed by atoms with Crippen molar-refractivity contribution in [3.05, 3.63) is 40.1 Å². The van der Waals surface area contributed by atoms with Crippen molar-refractivity contribution in [2.24, 2.45) is 0 Å². The molecule has 2 rings (SSSR count). The van der Waals surface area contributed by atoms with Crippen molar-refractivity contribution in [1.82, 2.24) is 0 Å². The Bertz CT molecular complexity index is 520. The number of carbonyl (C=O) groups is 1. The molecule has 0 saturated heterocycles. The summed E-state index contributed by atoms with van der Waals surface area (Å²) < 4.78 is 10.5. The predicted octanol–water partition coefficient (Wildman–Crippen LogP) is 5.10. The molecule has 1 unspecified atom stereocenters. The molecule has 1 aromatic rings. The molecule has 116 valence electrons. The summed E-state index contributed by atoms with van der Waals surface area (Å²) >= 11 is 11.9. The van der Waals surface area contributed by atoms with Crippen molar-refractivity contribution in [2.75, 3.05) is 6.61 Å². The summed E-state index contributed by atoms with van der Waals surface area (Å²) in [5, 5.41) is 1.10. The normalized spacial score (nSPS) is 20.0. The van der Waals surface area contributed by atoms with Gasteiger partial charge in [0.25, 0.3) is 0 Å². The fourth-order valence-electron chi connectivity index (χ4n) is 1.96. The Morgan fingerprint density at radius 2 is 1.86 bits per heavy atom. The zero-order valence-electron chi connectivity index (χ0n) is 12.7. The molecule has 21 heavy (non-hydrogen) atoms. The number of hydrogen-bond acceptors (Lipinski definition) is 3. The third-order valence-electron chi connectivity index (χ3n) is 2.93. The molecule has 0 amide bonds. The molecule has 1 aliphatic heterocycles. The highest BCUT2D eigenvalue weighted by atomic mass is 35.5. The summed E-state index contributed by atoms with van der Waals surface area (Å²) in [5.41, 5.74) is 0.755. The van der Waals surface area contributed by atoms with Crippen LogP contribution in [0.3, 0.4) is 0 Å². The Kier molecular flexibility index (Phi) is 6.56. The SMILES string of the molecule is CC.CCOC(=O)C1(C)CC(c2cc(Cl)cc(Cl)c2)=CO1. The summed E-state index contributed by atoms with van der Waals surface area (Å²) in [6.45, 7) is 7.80. The molecule has 0 aromatic heterocycles. The van der Waals surface area contributed by atoms with Gasteiger partial charge in [-0.2, -0.15) is 0 Å². The van der Waals surface area contributed by atoms with Gasteiger partial charge >= 0.3 is 5.97 Å². The van der Waals surface area contributed by atoms with Gasteiger partial charge in [0.15, 0.2) is 0 Å². The van der Waals surface area contributed by atoms with Crippen LogP contribution in [0, 0.1) is 0 Å². The summed E-state index contributed by atoms with van der Waals surface area (Å²) in [7, 11) is 0. The summed E-state index contributed by atoms with van der Waals surface area (Å²) in [4.78, 5) is 11.8. The molecule has 1 aliphatic rings. The molecule has 1 aromatic carbocycles. The first kappa shape index (κ1) is 17.9. The largest absolute Gasteiger partial charge is 0.483 e. The molecule has 0 aliphatic carbocycles. The van der Waals surface area contributed by atoms with Crippen LogP contribution in [0.25, 0.3) is 5.57 Å².